The van der Waals surface area contributed by atoms with Crippen molar-refractivity contribution >= 4 is 49.3 Å². The Bertz CT molecular complexity index is 895. The van der Waals surface area contributed by atoms with E-state index in [1.54, 1.807) is 29.2 Å². The number of amides is 3. The van der Waals surface area contributed by atoms with E-state index in [4.69, 9.17) is 36.1 Å². The number of imide groups is 1. The van der Waals surface area contributed by atoms with Crippen LogP contribution in [0.15, 0.2) is 24.3 Å². The van der Waals surface area contributed by atoms with Crippen LogP contribution in [0.1, 0.15) is 54.8 Å². The first-order valence-corrected chi connectivity index (χ1v) is 10.2. The molecule has 2 atom stereocenters. The Morgan fingerprint density at radius 3 is 2.06 bits per heavy atom. The number of rotatable bonds is 0. The third kappa shape index (κ3) is 4.31. The highest BCUT2D eigenvalue weighted by molar-refractivity contribution is 6.46. The van der Waals surface area contributed by atoms with Gasteiger partial charge in [0.15, 0.2) is 0 Å². The zero-order chi connectivity index (χ0) is 23.4. The van der Waals surface area contributed by atoms with Gasteiger partial charge >= 0.3 is 6.09 Å². The predicted molar refractivity (Wildman–Crippen MR) is 121 cm³/mol. The summed E-state index contributed by atoms with van der Waals surface area (Å²) in [5, 5.41) is 0.253. The molecular formula is C21H24B4N2O4. The summed E-state index contributed by atoms with van der Waals surface area (Å²) < 4.78 is 5.39. The van der Waals surface area contributed by atoms with Gasteiger partial charge in [0.25, 0.3) is 11.8 Å². The van der Waals surface area contributed by atoms with Crippen molar-refractivity contribution in [3.8, 4) is 0 Å². The summed E-state index contributed by atoms with van der Waals surface area (Å²) in [4.78, 5) is 35.7. The first kappa shape index (κ1) is 23.6. The van der Waals surface area contributed by atoms with Crippen molar-refractivity contribution in [2.24, 2.45) is 11.3 Å². The molecule has 0 aromatic heterocycles. The van der Waals surface area contributed by atoms with Crippen molar-refractivity contribution < 1.29 is 19.1 Å². The molecule has 2 unspecified atom stereocenters. The van der Waals surface area contributed by atoms with Gasteiger partial charge in [-0.25, -0.2) is 4.79 Å². The number of hydrogen-bond donors (Lipinski definition) is 1. The summed E-state index contributed by atoms with van der Waals surface area (Å²) in [6.07, 6.45) is -0.0386. The van der Waals surface area contributed by atoms with Crippen LogP contribution in [0.4, 0.5) is 4.79 Å². The lowest BCUT2D eigenvalue weighted by atomic mass is 9.42. The van der Waals surface area contributed by atoms with E-state index in [0.717, 1.165) is 0 Å². The van der Waals surface area contributed by atoms with Gasteiger partial charge in [-0.1, -0.05) is 35.9 Å². The van der Waals surface area contributed by atoms with Crippen LogP contribution in [-0.2, 0) is 4.74 Å². The average molecular weight is 412 g/mol. The number of likely N-dealkylation sites (tertiary alicyclic amines) is 1. The van der Waals surface area contributed by atoms with Gasteiger partial charge < -0.3 is 9.64 Å². The fourth-order valence-electron chi connectivity index (χ4n) is 4.64. The number of benzene rings is 1. The number of nitrogens with one attached hydrogen (secondary N) is 1. The van der Waals surface area contributed by atoms with Gasteiger partial charge in [-0.2, -0.15) is 0 Å². The topological polar surface area (TPSA) is 75.7 Å². The Morgan fingerprint density at radius 1 is 1.10 bits per heavy atom. The second-order valence-electron chi connectivity index (χ2n) is 9.99. The smallest absolute Gasteiger partial charge is 0.410 e. The van der Waals surface area contributed by atoms with E-state index in [2.05, 4.69) is 5.32 Å². The maximum atomic E-state index is 12.2. The first-order chi connectivity index (χ1) is 14.1. The van der Waals surface area contributed by atoms with Gasteiger partial charge in [-0.15, -0.1) is 0 Å². The zero-order valence-corrected chi connectivity index (χ0v) is 18.4. The van der Waals surface area contributed by atoms with Gasteiger partial charge in [-0.05, 0) is 44.2 Å². The molecule has 4 rings (SSSR count). The number of carbonyl (C=O) groups is 3. The minimum atomic E-state index is -0.988. The molecule has 0 bridgehead atoms. The van der Waals surface area contributed by atoms with Crippen LogP contribution in [0.3, 0.4) is 0 Å². The summed E-state index contributed by atoms with van der Waals surface area (Å²) in [6, 6.07) is 6.74. The quantitative estimate of drug-likeness (QED) is 0.521. The summed E-state index contributed by atoms with van der Waals surface area (Å²) in [6.45, 7) is 8.27. The molecule has 0 spiro atoms. The molecule has 2 aliphatic heterocycles. The second kappa shape index (κ2) is 7.49. The molecule has 1 aliphatic carbocycles. The van der Waals surface area contributed by atoms with Crippen molar-refractivity contribution in [1.82, 2.24) is 10.2 Å². The van der Waals surface area contributed by atoms with Crippen molar-refractivity contribution in [1.29, 1.82) is 0 Å². The lowest BCUT2D eigenvalue weighted by Crippen LogP contribution is -2.40. The molecule has 1 aromatic carbocycles. The molecular weight excluding hydrogens is 387 g/mol. The maximum absolute atomic E-state index is 12.2. The number of ether oxygens (including phenoxy) is 1. The van der Waals surface area contributed by atoms with Gasteiger partial charge in [0.1, 0.15) is 5.60 Å². The summed E-state index contributed by atoms with van der Waals surface area (Å²) in [5.41, 5.74) is -0.108. The van der Waals surface area contributed by atoms with E-state index >= 15 is 0 Å². The van der Waals surface area contributed by atoms with Gasteiger partial charge in [0.2, 0.25) is 0 Å². The van der Waals surface area contributed by atoms with Crippen LogP contribution in [0.2, 0.25) is 10.4 Å². The molecule has 3 amide bonds. The normalized spacial score (nSPS) is 27.6. The predicted octanol–water partition coefficient (Wildman–Crippen LogP) is 1.74. The van der Waals surface area contributed by atoms with Crippen molar-refractivity contribution in [3.05, 3.63) is 35.4 Å². The van der Waals surface area contributed by atoms with Crippen LogP contribution < -0.4 is 5.32 Å². The summed E-state index contributed by atoms with van der Waals surface area (Å²) >= 11 is 0. The molecule has 1 N–H and O–H groups in total. The molecule has 31 heavy (non-hydrogen) atoms. The molecule has 154 valence electrons. The molecule has 1 saturated carbocycles. The van der Waals surface area contributed by atoms with E-state index < -0.39 is 21.4 Å². The molecule has 2 fully saturated rings. The first-order valence-electron chi connectivity index (χ1n) is 10.2. The molecule has 10 heteroatoms. The van der Waals surface area contributed by atoms with Gasteiger partial charge in [0.05, 0.1) is 42.5 Å². The number of carbonyl (C=O) groups excluding carboxylic acids is 3. The second-order valence-corrected chi connectivity index (χ2v) is 9.99. The van der Waals surface area contributed by atoms with E-state index in [-0.39, 0.29) is 23.8 Å². The van der Waals surface area contributed by atoms with E-state index in [9.17, 15) is 14.4 Å². The highest BCUT2D eigenvalue weighted by Gasteiger charge is 2.62. The van der Waals surface area contributed by atoms with Crippen LogP contribution in [0, 0.1) is 11.3 Å². The van der Waals surface area contributed by atoms with Crippen molar-refractivity contribution in [2.75, 3.05) is 13.1 Å². The number of fused-ring (bicyclic) bond motifs is 2. The van der Waals surface area contributed by atoms with Crippen LogP contribution in [-0.4, -0.2) is 72.9 Å². The van der Waals surface area contributed by atoms with Gasteiger partial charge in [0, 0.05) is 13.1 Å². The molecule has 1 aromatic rings. The fraction of sp³-hybridized carbons (Fsp3) is 0.571. The Kier molecular flexibility index (Phi) is 5.69. The monoisotopic (exact) mass is 412 g/mol. The Morgan fingerprint density at radius 2 is 1.61 bits per heavy atom. The minimum Gasteiger partial charge on any atom is -0.444 e. The Balaban J connectivity index is 0.000000207. The summed E-state index contributed by atoms with van der Waals surface area (Å²) in [7, 11) is 24.7. The maximum Gasteiger partial charge on any atom is 0.410 e. The molecule has 6 nitrogen and oxygen atoms in total. The zero-order valence-electron chi connectivity index (χ0n) is 18.4. The van der Waals surface area contributed by atoms with Crippen LogP contribution in [0.25, 0.3) is 0 Å². The molecule has 1 saturated heterocycles. The van der Waals surface area contributed by atoms with Crippen LogP contribution in [0.5, 0.6) is 0 Å². The van der Waals surface area contributed by atoms with E-state index in [1.165, 1.54) is 0 Å². The average Bonchev–Trinajstić information content (AvgIpc) is 3.17. The summed E-state index contributed by atoms with van der Waals surface area (Å²) in [5.74, 6) is -0.742. The Labute approximate surface area is 188 Å². The largest absolute Gasteiger partial charge is 0.444 e. The third-order valence-corrected chi connectivity index (χ3v) is 6.30. The van der Waals surface area contributed by atoms with Gasteiger partial charge in [-0.3, -0.25) is 14.9 Å². The minimum absolute atomic E-state index is 0.141. The molecule has 8 radical (unpaired) electrons. The lowest BCUT2D eigenvalue weighted by molar-refractivity contribution is 0.0268. The van der Waals surface area contributed by atoms with E-state index in [1.807, 2.05) is 27.7 Å². The molecule has 3 aliphatic rings. The highest BCUT2D eigenvalue weighted by Crippen LogP contribution is 2.68. The third-order valence-electron chi connectivity index (χ3n) is 6.30. The number of hydrogen-bond acceptors (Lipinski definition) is 4. The van der Waals surface area contributed by atoms with Crippen molar-refractivity contribution in [2.45, 2.75) is 50.1 Å². The SMILES string of the molecule is O=C1NC(=O)c2ccccc21.[B]C1([B])CC([B])([B])C2(C)CN(C(=O)OC(C)(C)C)CC12. The van der Waals surface area contributed by atoms with Crippen molar-refractivity contribution in [3.63, 3.8) is 0 Å². The van der Waals surface area contributed by atoms with Crippen LogP contribution >= 0.6 is 0 Å². The fourth-order valence-corrected chi connectivity index (χ4v) is 4.64. The lowest BCUT2D eigenvalue weighted by Gasteiger charge is -2.39. The standard InChI is InChI=1S/C13H19B4NO2.C8H5NO2/c1-10(2,3)20-9(19)18-5-8-11(4,7-18)13(16,17)6-12(8,14)15;10-7-5-3-1-2-4-6(5)8(11)9-7/h8H,5-7H2,1-4H3;1-4H,(H,9,10,11). The number of nitrogens with zero attached hydrogens (tertiary/aromatic N) is 1. The molecule has 2 heterocycles. The van der Waals surface area contributed by atoms with E-state index in [0.29, 0.717) is 30.6 Å². The Hall–Kier alpha value is -2.11. The highest BCUT2D eigenvalue weighted by atomic mass is 16.6.